The van der Waals surface area contributed by atoms with Crippen LogP contribution < -0.4 is 5.73 Å². The number of benzene rings is 2. The van der Waals surface area contributed by atoms with Gasteiger partial charge in [-0.2, -0.15) is 0 Å². The van der Waals surface area contributed by atoms with Crippen molar-refractivity contribution in [2.45, 2.75) is 11.3 Å². The first kappa shape index (κ1) is 12.2. The third-order valence-electron chi connectivity index (χ3n) is 2.81. The van der Waals surface area contributed by atoms with Gasteiger partial charge < -0.3 is 5.73 Å². The van der Waals surface area contributed by atoms with Crippen molar-refractivity contribution < 1.29 is 0 Å². The molecule has 88 valence electrons. The van der Waals surface area contributed by atoms with Gasteiger partial charge in [-0.15, -0.1) is 11.8 Å². The average Bonchev–Trinajstić information content (AvgIpc) is 2.40. The van der Waals surface area contributed by atoms with Crippen LogP contribution in [-0.2, 0) is 6.42 Å². The molecule has 2 aromatic rings. The Labute approximate surface area is 107 Å². The maximum Gasteiger partial charge on any atom is 0.00695 e. The number of thioether (sulfide) groups is 1. The largest absolute Gasteiger partial charge is 0.330 e. The van der Waals surface area contributed by atoms with E-state index in [0.29, 0.717) is 6.54 Å². The maximum atomic E-state index is 5.54. The summed E-state index contributed by atoms with van der Waals surface area (Å²) in [5, 5.41) is 0. The Hall–Kier alpha value is -1.25. The van der Waals surface area contributed by atoms with Crippen LogP contribution in [0.1, 0.15) is 5.56 Å². The van der Waals surface area contributed by atoms with Gasteiger partial charge in [-0.05, 0) is 48.0 Å². The van der Waals surface area contributed by atoms with E-state index >= 15 is 0 Å². The minimum absolute atomic E-state index is 0.710. The number of rotatable bonds is 4. The van der Waals surface area contributed by atoms with Gasteiger partial charge in [0, 0.05) is 4.90 Å². The van der Waals surface area contributed by atoms with Gasteiger partial charge in [0.1, 0.15) is 0 Å². The van der Waals surface area contributed by atoms with E-state index in [1.165, 1.54) is 21.6 Å². The van der Waals surface area contributed by atoms with Crippen molar-refractivity contribution in [3.63, 3.8) is 0 Å². The fraction of sp³-hybridized carbons (Fsp3) is 0.200. The van der Waals surface area contributed by atoms with Crippen LogP contribution in [0.3, 0.4) is 0 Å². The summed E-state index contributed by atoms with van der Waals surface area (Å²) in [5.41, 5.74) is 9.37. The molecule has 0 bridgehead atoms. The van der Waals surface area contributed by atoms with Crippen molar-refractivity contribution in [3.8, 4) is 11.1 Å². The van der Waals surface area contributed by atoms with Crippen molar-refractivity contribution in [2.75, 3.05) is 12.8 Å². The molecule has 0 atom stereocenters. The average molecular weight is 243 g/mol. The molecule has 0 spiro atoms. The van der Waals surface area contributed by atoms with Crippen LogP contribution in [0.2, 0.25) is 0 Å². The molecule has 0 aliphatic carbocycles. The van der Waals surface area contributed by atoms with Gasteiger partial charge >= 0.3 is 0 Å². The molecular formula is C15H17NS. The van der Waals surface area contributed by atoms with E-state index in [-0.39, 0.29) is 0 Å². The van der Waals surface area contributed by atoms with Crippen LogP contribution in [-0.4, -0.2) is 12.8 Å². The monoisotopic (exact) mass is 243 g/mol. The van der Waals surface area contributed by atoms with E-state index in [1.807, 2.05) is 0 Å². The lowest BCUT2D eigenvalue weighted by atomic mass is 10.0. The fourth-order valence-corrected chi connectivity index (χ4v) is 2.22. The zero-order valence-electron chi connectivity index (χ0n) is 10.0. The van der Waals surface area contributed by atoms with Gasteiger partial charge in [0.25, 0.3) is 0 Å². The van der Waals surface area contributed by atoms with Gasteiger partial charge in [-0.1, -0.05) is 36.4 Å². The van der Waals surface area contributed by atoms with Crippen LogP contribution in [0.4, 0.5) is 0 Å². The van der Waals surface area contributed by atoms with E-state index in [9.17, 15) is 0 Å². The van der Waals surface area contributed by atoms with E-state index in [2.05, 4.69) is 54.8 Å². The van der Waals surface area contributed by atoms with Gasteiger partial charge in [-0.25, -0.2) is 0 Å². The van der Waals surface area contributed by atoms with E-state index in [0.717, 1.165) is 6.42 Å². The van der Waals surface area contributed by atoms with Crippen molar-refractivity contribution >= 4 is 11.8 Å². The highest BCUT2D eigenvalue weighted by Gasteiger charge is 1.98. The summed E-state index contributed by atoms with van der Waals surface area (Å²) >= 11 is 1.77. The molecule has 0 aliphatic heterocycles. The molecular weight excluding hydrogens is 226 g/mol. The molecule has 0 radical (unpaired) electrons. The lowest BCUT2D eigenvalue weighted by Gasteiger charge is -2.04. The third-order valence-corrected chi connectivity index (χ3v) is 3.55. The Bertz CT molecular complexity index is 459. The predicted octanol–water partition coefficient (Wildman–Crippen LogP) is 3.58. The van der Waals surface area contributed by atoms with Crippen LogP contribution >= 0.6 is 11.8 Å². The zero-order chi connectivity index (χ0) is 12.1. The second kappa shape index (κ2) is 5.89. The molecule has 0 saturated heterocycles. The quantitative estimate of drug-likeness (QED) is 0.831. The first-order valence-electron chi connectivity index (χ1n) is 5.77. The summed E-state index contributed by atoms with van der Waals surface area (Å²) in [6.45, 7) is 0.710. The first-order valence-corrected chi connectivity index (χ1v) is 6.99. The molecule has 0 saturated carbocycles. The highest BCUT2D eigenvalue weighted by molar-refractivity contribution is 7.98. The Morgan fingerprint density at radius 2 is 1.41 bits per heavy atom. The standard InChI is InChI=1S/C15H17NS/c1-17-15-8-6-14(7-9-15)13-4-2-12(3-5-13)10-11-16/h2-9H,10-11,16H2,1H3. The van der Waals surface area contributed by atoms with Gasteiger partial charge in [0.05, 0.1) is 0 Å². The molecule has 1 nitrogen and oxygen atoms in total. The smallest absolute Gasteiger partial charge is 0.00695 e. The van der Waals surface area contributed by atoms with Crippen molar-refractivity contribution in [1.29, 1.82) is 0 Å². The molecule has 2 aromatic carbocycles. The molecule has 0 unspecified atom stereocenters. The zero-order valence-corrected chi connectivity index (χ0v) is 10.8. The summed E-state index contributed by atoms with van der Waals surface area (Å²) in [6, 6.07) is 17.3. The van der Waals surface area contributed by atoms with Gasteiger partial charge in [0.15, 0.2) is 0 Å². The maximum absolute atomic E-state index is 5.54. The molecule has 2 rings (SSSR count). The number of hydrogen-bond acceptors (Lipinski definition) is 2. The molecule has 2 heteroatoms. The molecule has 0 aromatic heterocycles. The van der Waals surface area contributed by atoms with Crippen LogP contribution in [0.25, 0.3) is 11.1 Å². The fourth-order valence-electron chi connectivity index (χ4n) is 1.81. The minimum atomic E-state index is 0.710. The van der Waals surface area contributed by atoms with Crippen molar-refractivity contribution in [1.82, 2.24) is 0 Å². The topological polar surface area (TPSA) is 26.0 Å². The summed E-state index contributed by atoms with van der Waals surface area (Å²) in [4.78, 5) is 1.30. The Morgan fingerprint density at radius 1 is 0.882 bits per heavy atom. The van der Waals surface area contributed by atoms with Crippen LogP contribution in [0, 0.1) is 0 Å². The summed E-state index contributed by atoms with van der Waals surface area (Å²) in [7, 11) is 0. The Morgan fingerprint density at radius 3 is 1.88 bits per heavy atom. The van der Waals surface area contributed by atoms with Gasteiger partial charge in [0.2, 0.25) is 0 Å². The van der Waals surface area contributed by atoms with Crippen LogP contribution in [0.15, 0.2) is 53.4 Å². The number of hydrogen-bond donors (Lipinski definition) is 1. The lowest BCUT2D eigenvalue weighted by Crippen LogP contribution is -2.02. The highest BCUT2D eigenvalue weighted by atomic mass is 32.2. The number of nitrogens with two attached hydrogens (primary N) is 1. The Balaban J connectivity index is 2.20. The summed E-state index contributed by atoms with van der Waals surface area (Å²) in [5.74, 6) is 0. The molecule has 0 heterocycles. The molecule has 17 heavy (non-hydrogen) atoms. The third kappa shape index (κ3) is 3.11. The minimum Gasteiger partial charge on any atom is -0.330 e. The second-order valence-corrected chi connectivity index (χ2v) is 4.84. The van der Waals surface area contributed by atoms with E-state index in [4.69, 9.17) is 5.73 Å². The highest BCUT2D eigenvalue weighted by Crippen LogP contribution is 2.23. The molecule has 0 aliphatic rings. The van der Waals surface area contributed by atoms with Gasteiger partial charge in [-0.3, -0.25) is 0 Å². The van der Waals surface area contributed by atoms with Crippen molar-refractivity contribution in [2.24, 2.45) is 5.73 Å². The normalized spacial score (nSPS) is 10.5. The van der Waals surface area contributed by atoms with E-state index < -0.39 is 0 Å². The molecule has 2 N–H and O–H groups in total. The Kier molecular flexibility index (Phi) is 4.24. The predicted molar refractivity (Wildman–Crippen MR) is 76.4 cm³/mol. The first-order chi connectivity index (χ1) is 8.33. The second-order valence-electron chi connectivity index (χ2n) is 3.96. The SMILES string of the molecule is CSc1ccc(-c2ccc(CCN)cc2)cc1. The van der Waals surface area contributed by atoms with E-state index in [1.54, 1.807) is 11.8 Å². The molecule has 0 fully saturated rings. The van der Waals surface area contributed by atoms with Crippen LogP contribution in [0.5, 0.6) is 0 Å². The molecule has 0 amide bonds. The summed E-state index contributed by atoms with van der Waals surface area (Å²) in [6.07, 6.45) is 3.04. The van der Waals surface area contributed by atoms with Crippen molar-refractivity contribution in [3.05, 3.63) is 54.1 Å². The lowest BCUT2D eigenvalue weighted by molar-refractivity contribution is 0.969. The summed E-state index contributed by atoms with van der Waals surface area (Å²) < 4.78 is 0.